The summed E-state index contributed by atoms with van der Waals surface area (Å²) in [7, 11) is 0. The Morgan fingerprint density at radius 3 is 1.94 bits per heavy atom. The maximum atomic E-state index is 13.6. The molecule has 0 atom stereocenters. The molecule has 0 fully saturated rings. The molecule has 0 unspecified atom stereocenters. The van der Waals surface area contributed by atoms with E-state index >= 15 is 0 Å². The number of carbonyl (C=O) groups is 2. The number of aromatic nitrogens is 2. The molecule has 0 radical (unpaired) electrons. The van der Waals surface area contributed by atoms with Crippen molar-refractivity contribution in [2.75, 3.05) is 13.1 Å². The van der Waals surface area contributed by atoms with E-state index in [9.17, 15) is 22.8 Å². The lowest BCUT2D eigenvalue weighted by Crippen LogP contribution is -2.35. The molecule has 0 bridgehead atoms. The van der Waals surface area contributed by atoms with Crippen LogP contribution >= 0.6 is 23.2 Å². The van der Waals surface area contributed by atoms with Gasteiger partial charge in [0.2, 0.25) is 0 Å². The highest BCUT2D eigenvalue weighted by Crippen LogP contribution is 2.33. The Kier molecular flexibility index (Phi) is 6.87. The van der Waals surface area contributed by atoms with Crippen molar-refractivity contribution in [1.82, 2.24) is 20.4 Å². The van der Waals surface area contributed by atoms with Gasteiger partial charge in [0, 0.05) is 28.7 Å². The second-order valence-corrected chi connectivity index (χ2v) is 7.18. The Morgan fingerprint density at radius 1 is 0.871 bits per heavy atom. The zero-order valence-corrected chi connectivity index (χ0v) is 17.2. The average molecular weight is 471 g/mol. The molecule has 2 amide bonds. The van der Waals surface area contributed by atoms with Crippen LogP contribution in [0.3, 0.4) is 0 Å². The summed E-state index contributed by atoms with van der Waals surface area (Å²) in [5.74, 6) is -1.37. The van der Waals surface area contributed by atoms with E-state index in [0.29, 0.717) is 20.3 Å². The molecule has 0 spiro atoms. The van der Waals surface area contributed by atoms with Crippen molar-refractivity contribution in [1.29, 1.82) is 0 Å². The number of nitrogens with one attached hydrogen (secondary N) is 2. The number of rotatable bonds is 6. The van der Waals surface area contributed by atoms with Gasteiger partial charge in [0.05, 0.1) is 17.4 Å². The number of nitrogens with zero attached hydrogens (tertiary/aromatic N) is 2. The van der Waals surface area contributed by atoms with E-state index in [1.165, 1.54) is 36.4 Å². The van der Waals surface area contributed by atoms with Gasteiger partial charge in [-0.2, -0.15) is 18.3 Å². The van der Waals surface area contributed by atoms with E-state index in [1.54, 1.807) is 12.1 Å². The van der Waals surface area contributed by atoms with Crippen molar-refractivity contribution in [2.24, 2.45) is 0 Å². The number of halogens is 5. The van der Waals surface area contributed by atoms with Gasteiger partial charge in [-0.3, -0.25) is 9.59 Å². The van der Waals surface area contributed by atoms with Crippen molar-refractivity contribution in [2.45, 2.75) is 6.18 Å². The Labute approximate surface area is 185 Å². The molecule has 0 aliphatic rings. The fourth-order valence-corrected chi connectivity index (χ4v) is 2.97. The molecular formula is C20H15Cl2F3N4O2. The first-order valence-corrected chi connectivity index (χ1v) is 9.65. The van der Waals surface area contributed by atoms with Crippen LogP contribution in [0.5, 0.6) is 0 Å². The highest BCUT2D eigenvalue weighted by atomic mass is 35.5. The zero-order valence-electron chi connectivity index (χ0n) is 15.7. The topological polar surface area (TPSA) is 76.0 Å². The summed E-state index contributed by atoms with van der Waals surface area (Å²) >= 11 is 11.5. The van der Waals surface area contributed by atoms with Gasteiger partial charge in [-0.1, -0.05) is 23.2 Å². The molecule has 162 valence electrons. The molecule has 11 heteroatoms. The van der Waals surface area contributed by atoms with E-state index in [0.717, 1.165) is 6.20 Å². The molecule has 31 heavy (non-hydrogen) atoms. The van der Waals surface area contributed by atoms with E-state index in [-0.39, 0.29) is 18.8 Å². The Bertz CT molecular complexity index is 1080. The smallest absolute Gasteiger partial charge is 0.350 e. The van der Waals surface area contributed by atoms with Crippen molar-refractivity contribution < 1.29 is 22.8 Å². The van der Waals surface area contributed by atoms with Gasteiger partial charge in [0.1, 0.15) is 0 Å². The minimum atomic E-state index is -4.83. The van der Waals surface area contributed by atoms with Gasteiger partial charge < -0.3 is 10.6 Å². The number of hydrogen-bond acceptors (Lipinski definition) is 3. The summed E-state index contributed by atoms with van der Waals surface area (Å²) in [6, 6.07) is 11.7. The van der Waals surface area contributed by atoms with Gasteiger partial charge in [0.25, 0.3) is 11.8 Å². The molecule has 3 rings (SSSR count). The van der Waals surface area contributed by atoms with Crippen molar-refractivity contribution in [3.05, 3.63) is 81.6 Å². The number of alkyl halides is 3. The van der Waals surface area contributed by atoms with Gasteiger partial charge in [-0.25, -0.2) is 4.68 Å². The second kappa shape index (κ2) is 9.40. The zero-order chi connectivity index (χ0) is 22.6. The highest BCUT2D eigenvalue weighted by molar-refractivity contribution is 6.30. The first kappa shape index (κ1) is 22.6. The van der Waals surface area contributed by atoms with Gasteiger partial charge >= 0.3 is 6.18 Å². The molecule has 1 aromatic heterocycles. The molecule has 2 N–H and O–H groups in total. The summed E-state index contributed by atoms with van der Waals surface area (Å²) in [6.07, 6.45) is -3.98. The minimum Gasteiger partial charge on any atom is -0.350 e. The van der Waals surface area contributed by atoms with Crippen molar-refractivity contribution >= 4 is 35.0 Å². The van der Waals surface area contributed by atoms with Crippen LogP contribution in [0.2, 0.25) is 10.0 Å². The molecule has 2 aromatic carbocycles. The maximum absolute atomic E-state index is 13.6. The first-order chi connectivity index (χ1) is 14.7. The minimum absolute atomic E-state index is 0.0138. The molecule has 0 aliphatic carbocycles. The standard InChI is InChI=1S/C20H15Cl2F3N4O2/c21-13-3-1-12(2-4-13)18(30)26-9-10-27-19(31)16-11-28-29(17(16)20(23,24)25)15-7-5-14(22)6-8-15/h1-8,11H,9-10H2,(H,26,30)(H,27,31). The lowest BCUT2D eigenvalue weighted by molar-refractivity contribution is -0.143. The van der Waals surface area contributed by atoms with Crippen LogP contribution in [0.4, 0.5) is 13.2 Å². The Balaban J connectivity index is 1.66. The highest BCUT2D eigenvalue weighted by Gasteiger charge is 2.40. The predicted octanol–water partition coefficient (Wildman–Crippen LogP) is 4.36. The fraction of sp³-hybridized carbons (Fsp3) is 0.150. The van der Waals surface area contributed by atoms with Gasteiger partial charge in [-0.05, 0) is 48.5 Å². The maximum Gasteiger partial charge on any atom is 0.434 e. The summed E-state index contributed by atoms with van der Waals surface area (Å²) in [4.78, 5) is 24.4. The largest absolute Gasteiger partial charge is 0.434 e. The quantitative estimate of drug-likeness (QED) is 0.525. The number of benzene rings is 2. The lowest BCUT2D eigenvalue weighted by Gasteiger charge is -2.13. The van der Waals surface area contributed by atoms with Crippen LogP contribution in [0.15, 0.2) is 54.7 Å². The summed E-state index contributed by atoms with van der Waals surface area (Å²) < 4.78 is 41.6. The van der Waals surface area contributed by atoms with Crippen molar-refractivity contribution in [3.8, 4) is 5.69 Å². The van der Waals surface area contributed by atoms with Crippen LogP contribution in [-0.2, 0) is 6.18 Å². The molecule has 0 aliphatic heterocycles. The summed E-state index contributed by atoms with van der Waals surface area (Å²) in [5, 5.41) is 9.45. The van der Waals surface area contributed by atoms with Crippen LogP contribution in [0, 0.1) is 0 Å². The summed E-state index contributed by atoms with van der Waals surface area (Å²) in [6.45, 7) is -0.0680. The normalized spacial score (nSPS) is 11.3. The van der Waals surface area contributed by atoms with Crippen LogP contribution in [0.25, 0.3) is 5.69 Å². The van der Waals surface area contributed by atoms with E-state index < -0.39 is 29.2 Å². The molecule has 1 heterocycles. The van der Waals surface area contributed by atoms with Gasteiger partial charge in [-0.15, -0.1) is 0 Å². The first-order valence-electron chi connectivity index (χ1n) is 8.90. The van der Waals surface area contributed by atoms with Crippen LogP contribution in [-0.4, -0.2) is 34.7 Å². The second-order valence-electron chi connectivity index (χ2n) is 6.31. The molecule has 0 saturated heterocycles. The monoisotopic (exact) mass is 470 g/mol. The van der Waals surface area contributed by atoms with E-state index in [4.69, 9.17) is 23.2 Å². The lowest BCUT2D eigenvalue weighted by atomic mass is 10.2. The third-order valence-corrected chi connectivity index (χ3v) is 4.66. The third-order valence-electron chi connectivity index (χ3n) is 4.16. The van der Waals surface area contributed by atoms with Crippen LogP contribution in [0.1, 0.15) is 26.4 Å². The third kappa shape index (κ3) is 5.56. The van der Waals surface area contributed by atoms with Crippen molar-refractivity contribution in [3.63, 3.8) is 0 Å². The molecule has 3 aromatic rings. The van der Waals surface area contributed by atoms with Crippen LogP contribution < -0.4 is 10.6 Å². The predicted molar refractivity (Wildman–Crippen MR) is 110 cm³/mol. The number of hydrogen-bond donors (Lipinski definition) is 2. The molecular weight excluding hydrogens is 456 g/mol. The van der Waals surface area contributed by atoms with Gasteiger partial charge in [0.15, 0.2) is 5.69 Å². The average Bonchev–Trinajstić information content (AvgIpc) is 3.18. The Hall–Kier alpha value is -3.04. The number of carbonyl (C=O) groups excluding carboxylic acids is 2. The molecule has 0 saturated carbocycles. The number of amides is 2. The fourth-order valence-electron chi connectivity index (χ4n) is 2.72. The van der Waals surface area contributed by atoms with E-state index in [1.807, 2.05) is 0 Å². The van der Waals surface area contributed by atoms with E-state index in [2.05, 4.69) is 15.7 Å². The SMILES string of the molecule is O=C(NCCNC(=O)c1cnn(-c2ccc(Cl)cc2)c1C(F)(F)F)c1ccc(Cl)cc1. The molecule has 6 nitrogen and oxygen atoms in total. The summed E-state index contributed by atoms with van der Waals surface area (Å²) in [5.41, 5.74) is -1.38. The Morgan fingerprint density at radius 2 is 1.39 bits per heavy atom.